The fraction of sp³-hybridized carbons (Fsp3) is 0.385. The van der Waals surface area contributed by atoms with Crippen molar-refractivity contribution in [3.63, 3.8) is 0 Å². The molecule has 1 aromatic carbocycles. The minimum absolute atomic E-state index is 0.0283. The van der Waals surface area contributed by atoms with Gasteiger partial charge in [0.2, 0.25) is 5.91 Å². The smallest absolute Gasteiger partial charge is 0.244 e. The van der Waals surface area contributed by atoms with E-state index in [9.17, 15) is 13.2 Å². The molecular formula is C13H12Cl2N2O3S2. The molecule has 0 aliphatic carbocycles. The molecule has 2 aliphatic heterocycles. The van der Waals surface area contributed by atoms with Crippen LogP contribution in [-0.2, 0) is 14.6 Å². The predicted molar refractivity (Wildman–Crippen MR) is 90.9 cm³/mol. The summed E-state index contributed by atoms with van der Waals surface area (Å²) in [4.78, 5) is 17.1. The summed E-state index contributed by atoms with van der Waals surface area (Å²) in [5.74, 6) is -0.220. The lowest BCUT2D eigenvalue weighted by molar-refractivity contribution is -0.115. The lowest BCUT2D eigenvalue weighted by atomic mass is 10.2. The van der Waals surface area contributed by atoms with Gasteiger partial charge in [-0.05, 0) is 18.2 Å². The Morgan fingerprint density at radius 1 is 1.36 bits per heavy atom. The van der Waals surface area contributed by atoms with Gasteiger partial charge in [-0.25, -0.2) is 8.42 Å². The van der Waals surface area contributed by atoms with E-state index in [0.29, 0.717) is 20.9 Å². The van der Waals surface area contributed by atoms with Gasteiger partial charge >= 0.3 is 0 Å². The Morgan fingerprint density at radius 3 is 2.73 bits per heavy atom. The standard InChI is InChI=1S/C13H12Cl2N2O3S2/c1-7(18)16-13-17(10-3-2-8(14)4-9(10)15)11-5-22(19,20)6-12(11)21-13/h2-4,11-12H,5-6H2,1H3/t11-,12+/m1/s1. The molecule has 1 amide bonds. The van der Waals surface area contributed by atoms with E-state index in [2.05, 4.69) is 4.99 Å². The van der Waals surface area contributed by atoms with Crippen LogP contribution >= 0.6 is 35.0 Å². The number of amides is 1. The van der Waals surface area contributed by atoms with Crippen molar-refractivity contribution in [2.24, 2.45) is 4.99 Å². The van der Waals surface area contributed by atoms with Crippen molar-refractivity contribution >= 4 is 61.6 Å². The Bertz CT molecular complexity index is 779. The van der Waals surface area contributed by atoms with Crippen molar-refractivity contribution in [1.82, 2.24) is 0 Å². The van der Waals surface area contributed by atoms with Crippen LogP contribution in [0.4, 0.5) is 5.69 Å². The summed E-state index contributed by atoms with van der Waals surface area (Å²) in [7, 11) is -3.09. The van der Waals surface area contributed by atoms with Crippen LogP contribution in [0.2, 0.25) is 10.0 Å². The molecule has 0 spiro atoms. The van der Waals surface area contributed by atoms with Crippen molar-refractivity contribution in [1.29, 1.82) is 0 Å². The second-order valence-electron chi connectivity index (χ2n) is 5.18. The molecule has 2 aliphatic rings. The van der Waals surface area contributed by atoms with E-state index in [4.69, 9.17) is 23.2 Å². The SMILES string of the molecule is CC(=O)N=C1S[C@H]2CS(=O)(=O)C[C@H]2N1c1ccc(Cl)cc1Cl. The average molecular weight is 379 g/mol. The number of nitrogens with zero attached hydrogens (tertiary/aromatic N) is 2. The summed E-state index contributed by atoms with van der Waals surface area (Å²) in [5, 5.41) is 1.23. The number of hydrogen-bond acceptors (Lipinski definition) is 4. The van der Waals surface area contributed by atoms with Gasteiger partial charge in [0.05, 0.1) is 28.3 Å². The minimum atomic E-state index is -3.09. The summed E-state index contributed by atoms with van der Waals surface area (Å²) in [6.07, 6.45) is 0. The van der Waals surface area contributed by atoms with Gasteiger partial charge < -0.3 is 4.90 Å². The first kappa shape index (κ1) is 16.1. The molecule has 118 valence electrons. The number of hydrogen-bond donors (Lipinski definition) is 0. The number of anilines is 1. The molecule has 0 N–H and O–H groups in total. The van der Waals surface area contributed by atoms with Gasteiger partial charge in [-0.2, -0.15) is 4.99 Å². The number of sulfone groups is 1. The summed E-state index contributed by atoms with van der Waals surface area (Å²) in [6, 6.07) is 4.71. The summed E-state index contributed by atoms with van der Waals surface area (Å²) >= 11 is 13.5. The third-order valence-electron chi connectivity index (χ3n) is 3.49. The average Bonchev–Trinajstić information content (AvgIpc) is 2.81. The number of carbonyl (C=O) groups excluding carboxylic acids is 1. The number of benzene rings is 1. The highest BCUT2D eigenvalue weighted by molar-refractivity contribution is 8.16. The van der Waals surface area contributed by atoms with Crippen LogP contribution in [0.1, 0.15) is 6.92 Å². The first-order valence-electron chi connectivity index (χ1n) is 6.47. The van der Waals surface area contributed by atoms with Crippen LogP contribution in [0.25, 0.3) is 0 Å². The maximum atomic E-state index is 11.9. The van der Waals surface area contributed by atoms with Crippen molar-refractivity contribution in [3.05, 3.63) is 28.2 Å². The summed E-state index contributed by atoms with van der Waals surface area (Å²) < 4.78 is 23.8. The molecule has 3 rings (SSSR count). The molecule has 1 aromatic rings. The topological polar surface area (TPSA) is 66.8 Å². The highest BCUT2D eigenvalue weighted by Crippen LogP contribution is 2.43. The molecule has 0 aromatic heterocycles. The lowest BCUT2D eigenvalue weighted by Crippen LogP contribution is -2.37. The van der Waals surface area contributed by atoms with E-state index in [1.165, 1.54) is 18.7 Å². The van der Waals surface area contributed by atoms with Gasteiger partial charge in [0.1, 0.15) is 0 Å². The zero-order valence-corrected chi connectivity index (χ0v) is 14.6. The molecule has 0 unspecified atom stereocenters. The van der Waals surface area contributed by atoms with Crippen LogP contribution in [0, 0.1) is 0 Å². The molecular weight excluding hydrogens is 367 g/mol. The number of amidine groups is 1. The van der Waals surface area contributed by atoms with Gasteiger partial charge in [0, 0.05) is 17.2 Å². The van der Waals surface area contributed by atoms with E-state index in [0.717, 1.165) is 0 Å². The van der Waals surface area contributed by atoms with Crippen LogP contribution in [0.3, 0.4) is 0 Å². The van der Waals surface area contributed by atoms with Gasteiger partial charge in [-0.1, -0.05) is 35.0 Å². The molecule has 22 heavy (non-hydrogen) atoms. The first-order valence-corrected chi connectivity index (χ1v) is 9.93. The fourth-order valence-electron chi connectivity index (χ4n) is 2.66. The third-order valence-corrected chi connectivity index (χ3v) is 7.24. The van der Waals surface area contributed by atoms with Gasteiger partial charge in [0.25, 0.3) is 0 Å². The molecule has 2 atom stereocenters. The van der Waals surface area contributed by atoms with E-state index in [1.807, 2.05) is 0 Å². The highest BCUT2D eigenvalue weighted by Gasteiger charge is 2.49. The number of fused-ring (bicyclic) bond motifs is 1. The van der Waals surface area contributed by atoms with Gasteiger partial charge in [-0.3, -0.25) is 4.79 Å². The maximum absolute atomic E-state index is 11.9. The molecule has 2 saturated heterocycles. The Kier molecular flexibility index (Phi) is 4.18. The van der Waals surface area contributed by atoms with Crippen molar-refractivity contribution in [3.8, 4) is 0 Å². The Morgan fingerprint density at radius 2 is 2.09 bits per heavy atom. The van der Waals surface area contributed by atoms with Crippen LogP contribution in [0.15, 0.2) is 23.2 Å². The first-order chi connectivity index (χ1) is 10.3. The van der Waals surface area contributed by atoms with Crippen LogP contribution in [-0.4, -0.2) is 42.3 Å². The molecule has 0 radical (unpaired) electrons. The normalized spacial score (nSPS) is 28.1. The molecule has 2 fully saturated rings. The highest BCUT2D eigenvalue weighted by atomic mass is 35.5. The maximum Gasteiger partial charge on any atom is 0.244 e. The molecule has 0 bridgehead atoms. The number of thioether (sulfide) groups is 1. The number of carbonyl (C=O) groups is 1. The van der Waals surface area contributed by atoms with E-state index < -0.39 is 9.84 Å². The third kappa shape index (κ3) is 2.99. The van der Waals surface area contributed by atoms with Crippen molar-refractivity contribution in [2.45, 2.75) is 18.2 Å². The number of halogens is 2. The van der Waals surface area contributed by atoms with E-state index in [-0.39, 0.29) is 28.7 Å². The largest absolute Gasteiger partial charge is 0.314 e. The molecule has 9 heteroatoms. The summed E-state index contributed by atoms with van der Waals surface area (Å²) in [5.41, 5.74) is 0.614. The van der Waals surface area contributed by atoms with Crippen molar-refractivity contribution in [2.75, 3.05) is 16.4 Å². The number of aliphatic imine (C=N–C) groups is 1. The minimum Gasteiger partial charge on any atom is -0.314 e. The predicted octanol–water partition coefficient (Wildman–Crippen LogP) is 2.61. The van der Waals surface area contributed by atoms with E-state index >= 15 is 0 Å². The molecule has 2 heterocycles. The number of rotatable bonds is 1. The monoisotopic (exact) mass is 378 g/mol. The zero-order valence-electron chi connectivity index (χ0n) is 11.5. The van der Waals surface area contributed by atoms with E-state index in [1.54, 1.807) is 23.1 Å². The Labute approximate surface area is 142 Å². The van der Waals surface area contributed by atoms with Gasteiger partial charge in [-0.15, -0.1) is 0 Å². The second kappa shape index (κ2) is 5.70. The summed E-state index contributed by atoms with van der Waals surface area (Å²) in [6.45, 7) is 1.36. The van der Waals surface area contributed by atoms with Crippen molar-refractivity contribution < 1.29 is 13.2 Å². The molecule has 0 saturated carbocycles. The fourth-order valence-corrected chi connectivity index (χ4v) is 7.11. The Hall–Kier alpha value is -0.760. The zero-order chi connectivity index (χ0) is 16.1. The molecule has 5 nitrogen and oxygen atoms in total. The Balaban J connectivity index is 2.08. The lowest BCUT2D eigenvalue weighted by Gasteiger charge is -2.25. The second-order valence-corrected chi connectivity index (χ2v) is 9.38. The van der Waals surface area contributed by atoms with Gasteiger partial charge in [0.15, 0.2) is 15.0 Å². The quantitative estimate of drug-likeness (QED) is 0.751. The van der Waals surface area contributed by atoms with Crippen LogP contribution in [0.5, 0.6) is 0 Å². The van der Waals surface area contributed by atoms with Crippen LogP contribution < -0.4 is 4.90 Å².